The predicted molar refractivity (Wildman–Crippen MR) is 97.5 cm³/mol. The maximum Gasteiger partial charge on any atom is 0.256 e. The number of nitrogens with one attached hydrogen (secondary N) is 1. The largest absolute Gasteiger partial charge is 0.478 e. The van der Waals surface area contributed by atoms with E-state index in [2.05, 4.69) is 24.1 Å². The smallest absolute Gasteiger partial charge is 0.256 e. The summed E-state index contributed by atoms with van der Waals surface area (Å²) in [5.41, 5.74) is 0.590. The van der Waals surface area contributed by atoms with E-state index in [-0.39, 0.29) is 5.91 Å². The molecular weight excluding hydrogens is 304 g/mol. The van der Waals surface area contributed by atoms with Gasteiger partial charge in [-0.05, 0) is 45.1 Å². The summed E-state index contributed by atoms with van der Waals surface area (Å²) in [5, 5.41) is 2.97. The minimum Gasteiger partial charge on any atom is -0.478 e. The number of carbonyl (C=O) groups excluding carboxylic acids is 1. The molecule has 0 radical (unpaired) electrons. The summed E-state index contributed by atoms with van der Waals surface area (Å²) >= 11 is 0. The third-order valence-electron chi connectivity index (χ3n) is 3.67. The van der Waals surface area contributed by atoms with Crippen LogP contribution in [0.1, 0.15) is 59.6 Å². The van der Waals surface area contributed by atoms with E-state index in [1.54, 1.807) is 6.07 Å². The minimum absolute atomic E-state index is 0.128. The Morgan fingerprint density at radius 2 is 1.92 bits per heavy atom. The van der Waals surface area contributed by atoms with Gasteiger partial charge >= 0.3 is 0 Å². The molecule has 1 atom stereocenters. The summed E-state index contributed by atoms with van der Waals surface area (Å²) < 4.78 is 11.4. The van der Waals surface area contributed by atoms with E-state index in [0.29, 0.717) is 37.1 Å². The number of nitrogens with zero attached hydrogens (tertiary/aromatic N) is 1. The van der Waals surface area contributed by atoms with Crippen molar-refractivity contribution in [2.45, 2.75) is 66.4 Å². The van der Waals surface area contributed by atoms with Gasteiger partial charge in [0.05, 0.1) is 18.0 Å². The zero-order valence-electron chi connectivity index (χ0n) is 15.9. The van der Waals surface area contributed by atoms with Crippen LogP contribution in [0.15, 0.2) is 12.1 Å². The molecule has 1 amide bonds. The number of carbonyl (C=O) groups is 1. The number of amides is 1. The molecular formula is C19H32N2O3. The first-order chi connectivity index (χ1) is 11.3. The second kappa shape index (κ2) is 9.62. The molecule has 1 heterocycles. The van der Waals surface area contributed by atoms with Crippen molar-refractivity contribution in [3.8, 4) is 5.88 Å². The Morgan fingerprint density at radius 3 is 2.46 bits per heavy atom. The van der Waals surface area contributed by atoms with Crippen LogP contribution < -0.4 is 10.1 Å². The molecule has 24 heavy (non-hydrogen) atoms. The fraction of sp³-hybridized carbons (Fsp3) is 0.684. The van der Waals surface area contributed by atoms with Gasteiger partial charge in [0.1, 0.15) is 5.60 Å². The van der Waals surface area contributed by atoms with E-state index in [9.17, 15) is 4.79 Å². The Balaban J connectivity index is 2.86. The fourth-order valence-electron chi connectivity index (χ4n) is 2.54. The highest BCUT2D eigenvalue weighted by molar-refractivity contribution is 5.97. The first-order valence-electron chi connectivity index (χ1n) is 8.88. The van der Waals surface area contributed by atoms with Crippen LogP contribution in [-0.2, 0) is 9.53 Å². The van der Waals surface area contributed by atoms with Crippen LogP contribution in [0.3, 0.4) is 0 Å². The van der Waals surface area contributed by atoms with E-state index < -0.39 is 5.60 Å². The Kier molecular flexibility index (Phi) is 8.19. The maximum atomic E-state index is 12.8. The van der Waals surface area contributed by atoms with E-state index in [1.807, 2.05) is 33.8 Å². The van der Waals surface area contributed by atoms with Crippen molar-refractivity contribution in [3.63, 3.8) is 0 Å². The summed E-state index contributed by atoms with van der Waals surface area (Å²) in [7, 11) is 0. The first kappa shape index (κ1) is 20.4. The van der Waals surface area contributed by atoms with Gasteiger partial charge in [0, 0.05) is 12.7 Å². The fourth-order valence-corrected chi connectivity index (χ4v) is 2.54. The maximum absolute atomic E-state index is 12.8. The normalized spacial score (nSPS) is 13.6. The number of anilines is 1. The number of pyridine rings is 1. The minimum atomic E-state index is -0.839. The van der Waals surface area contributed by atoms with Gasteiger partial charge in [-0.1, -0.05) is 27.7 Å². The Bertz CT molecular complexity index is 531. The van der Waals surface area contributed by atoms with Crippen LogP contribution >= 0.6 is 0 Å². The summed E-state index contributed by atoms with van der Waals surface area (Å²) in [5.74, 6) is 0.818. The number of rotatable bonds is 10. The summed E-state index contributed by atoms with van der Waals surface area (Å²) in [6.45, 7) is 13.2. The van der Waals surface area contributed by atoms with E-state index >= 15 is 0 Å². The zero-order chi connectivity index (χ0) is 18.2. The van der Waals surface area contributed by atoms with E-state index in [4.69, 9.17) is 9.47 Å². The molecule has 5 nitrogen and oxygen atoms in total. The molecule has 0 aliphatic heterocycles. The monoisotopic (exact) mass is 336 g/mol. The van der Waals surface area contributed by atoms with Crippen molar-refractivity contribution < 1.29 is 14.3 Å². The lowest BCUT2D eigenvalue weighted by Gasteiger charge is -2.30. The van der Waals surface area contributed by atoms with Gasteiger partial charge in [0.15, 0.2) is 0 Å². The van der Waals surface area contributed by atoms with Crippen molar-refractivity contribution in [2.75, 3.05) is 18.5 Å². The molecule has 1 rings (SSSR count). The molecule has 0 spiro atoms. The van der Waals surface area contributed by atoms with Crippen molar-refractivity contribution >= 4 is 11.6 Å². The molecule has 0 bridgehead atoms. The highest BCUT2D eigenvalue weighted by Gasteiger charge is 2.35. The average molecular weight is 336 g/mol. The quantitative estimate of drug-likeness (QED) is 0.690. The lowest BCUT2D eigenvalue weighted by molar-refractivity contribution is -0.141. The topological polar surface area (TPSA) is 60.5 Å². The van der Waals surface area contributed by atoms with Gasteiger partial charge in [-0.3, -0.25) is 4.79 Å². The van der Waals surface area contributed by atoms with Gasteiger partial charge in [-0.15, -0.1) is 0 Å². The van der Waals surface area contributed by atoms with Crippen molar-refractivity contribution in [1.29, 1.82) is 0 Å². The molecule has 0 unspecified atom stereocenters. The Hall–Kier alpha value is -1.62. The summed E-state index contributed by atoms with van der Waals surface area (Å²) in [6.07, 6.45) is 2.48. The lowest BCUT2D eigenvalue weighted by atomic mass is 9.93. The molecule has 0 aliphatic rings. The van der Waals surface area contributed by atoms with Crippen LogP contribution in [0.25, 0.3) is 0 Å². The number of hydrogen-bond acceptors (Lipinski definition) is 4. The second-order valence-electron chi connectivity index (χ2n) is 6.76. The molecule has 0 aromatic carbocycles. The SMILES string of the molecule is CCCOc1ccc(NC(=O)[C@@](C)(CC(C)C)OCCC)c(C)n1. The van der Waals surface area contributed by atoms with Gasteiger partial charge < -0.3 is 14.8 Å². The van der Waals surface area contributed by atoms with E-state index in [1.165, 1.54) is 0 Å². The van der Waals surface area contributed by atoms with Gasteiger partial charge in [0.2, 0.25) is 5.88 Å². The third-order valence-corrected chi connectivity index (χ3v) is 3.67. The molecule has 5 heteroatoms. The predicted octanol–water partition coefficient (Wildman–Crippen LogP) is 4.35. The lowest BCUT2D eigenvalue weighted by Crippen LogP contribution is -2.44. The number of aromatic nitrogens is 1. The molecule has 1 aromatic heterocycles. The zero-order valence-corrected chi connectivity index (χ0v) is 15.9. The molecule has 0 saturated carbocycles. The first-order valence-corrected chi connectivity index (χ1v) is 8.88. The van der Waals surface area contributed by atoms with Crippen LogP contribution in [0.2, 0.25) is 0 Å². The highest BCUT2D eigenvalue weighted by Crippen LogP contribution is 2.25. The van der Waals surface area contributed by atoms with Crippen LogP contribution in [0, 0.1) is 12.8 Å². The number of aryl methyl sites for hydroxylation is 1. The molecule has 1 aromatic rings. The second-order valence-corrected chi connectivity index (χ2v) is 6.76. The molecule has 136 valence electrons. The van der Waals surface area contributed by atoms with E-state index in [0.717, 1.165) is 18.5 Å². The van der Waals surface area contributed by atoms with Crippen molar-refractivity contribution in [1.82, 2.24) is 4.98 Å². The Morgan fingerprint density at radius 1 is 1.25 bits per heavy atom. The van der Waals surface area contributed by atoms with Gasteiger partial charge in [-0.25, -0.2) is 4.98 Å². The average Bonchev–Trinajstić information content (AvgIpc) is 2.52. The van der Waals surface area contributed by atoms with Crippen LogP contribution in [-0.4, -0.2) is 29.7 Å². The van der Waals surface area contributed by atoms with Crippen LogP contribution in [0.4, 0.5) is 5.69 Å². The third kappa shape index (κ3) is 6.11. The summed E-state index contributed by atoms with van der Waals surface area (Å²) in [4.78, 5) is 17.2. The molecule has 0 fully saturated rings. The van der Waals surface area contributed by atoms with Crippen LogP contribution in [0.5, 0.6) is 5.88 Å². The molecule has 0 saturated heterocycles. The molecule has 0 aliphatic carbocycles. The molecule has 1 N–H and O–H groups in total. The highest BCUT2D eigenvalue weighted by atomic mass is 16.5. The van der Waals surface area contributed by atoms with Gasteiger partial charge in [0.25, 0.3) is 5.91 Å². The van der Waals surface area contributed by atoms with Gasteiger partial charge in [-0.2, -0.15) is 0 Å². The number of ether oxygens (including phenoxy) is 2. The summed E-state index contributed by atoms with van der Waals surface area (Å²) in [6, 6.07) is 3.62. The van der Waals surface area contributed by atoms with Crippen molar-refractivity contribution in [2.24, 2.45) is 5.92 Å². The standard InChI is InChI=1S/C19H32N2O3/c1-7-11-23-17-10-9-16(15(5)20-17)21-18(22)19(6,13-14(3)4)24-12-8-2/h9-10,14H,7-8,11-13H2,1-6H3,(H,21,22)/t19-/m1/s1. The number of hydrogen-bond donors (Lipinski definition) is 1. The Labute approximate surface area is 146 Å². The van der Waals surface area contributed by atoms with Crippen molar-refractivity contribution in [3.05, 3.63) is 17.8 Å².